The van der Waals surface area contributed by atoms with E-state index in [2.05, 4.69) is 5.38 Å². The minimum absolute atomic E-state index is 0.0322. The predicted molar refractivity (Wildman–Crippen MR) is 98.2 cm³/mol. The van der Waals surface area contributed by atoms with Crippen LogP contribution in [0, 0.1) is 0 Å². The van der Waals surface area contributed by atoms with Gasteiger partial charge in [0.15, 0.2) is 6.61 Å². The molecule has 0 atom stereocenters. The van der Waals surface area contributed by atoms with Crippen molar-refractivity contribution in [1.82, 2.24) is 4.90 Å². The third-order valence-electron chi connectivity index (χ3n) is 3.75. The minimum atomic E-state index is -0.0379. The average Bonchev–Trinajstić information content (AvgIpc) is 3.13. The highest BCUT2D eigenvalue weighted by molar-refractivity contribution is 7.07. The summed E-state index contributed by atoms with van der Waals surface area (Å²) in [5.74, 6) is 0.685. The van der Waals surface area contributed by atoms with Crippen LogP contribution >= 0.6 is 11.3 Å². The first kappa shape index (κ1) is 16.3. The number of nitrogens with zero attached hydrogens (tertiary/aromatic N) is 1. The van der Waals surface area contributed by atoms with Gasteiger partial charge in [-0.05, 0) is 34.0 Å². The summed E-state index contributed by atoms with van der Waals surface area (Å²) in [6, 6.07) is 19.9. The van der Waals surface area contributed by atoms with Gasteiger partial charge >= 0.3 is 0 Å². The number of likely N-dealkylation sites (N-methyl/N-ethyl adjacent to an activating group) is 1. The van der Waals surface area contributed by atoms with Crippen molar-refractivity contribution >= 4 is 17.2 Å². The first-order chi connectivity index (χ1) is 11.7. The number of ether oxygens (including phenoxy) is 1. The summed E-state index contributed by atoms with van der Waals surface area (Å²) in [6.45, 7) is 0.635. The third-order valence-corrected chi connectivity index (χ3v) is 4.48. The number of amides is 1. The Balaban J connectivity index is 1.65. The number of carbonyl (C=O) groups is 1. The van der Waals surface area contributed by atoms with E-state index in [0.717, 1.165) is 22.4 Å². The molecular formula is C20H19NO2S. The molecule has 3 rings (SSSR count). The molecule has 0 radical (unpaired) electrons. The van der Waals surface area contributed by atoms with Gasteiger partial charge in [-0.3, -0.25) is 4.79 Å². The highest BCUT2D eigenvalue weighted by atomic mass is 32.1. The van der Waals surface area contributed by atoms with Crippen LogP contribution in [0.3, 0.4) is 0 Å². The van der Waals surface area contributed by atoms with Crippen molar-refractivity contribution in [3.63, 3.8) is 0 Å². The van der Waals surface area contributed by atoms with Gasteiger partial charge in [0.1, 0.15) is 5.75 Å². The monoisotopic (exact) mass is 337 g/mol. The van der Waals surface area contributed by atoms with Crippen molar-refractivity contribution in [2.45, 2.75) is 6.54 Å². The van der Waals surface area contributed by atoms with Gasteiger partial charge in [-0.25, -0.2) is 0 Å². The Morgan fingerprint density at radius 1 is 1.04 bits per heavy atom. The van der Waals surface area contributed by atoms with E-state index in [1.165, 1.54) is 0 Å². The summed E-state index contributed by atoms with van der Waals surface area (Å²) < 4.78 is 5.81. The Labute approximate surface area is 146 Å². The number of rotatable bonds is 6. The molecule has 0 bridgehead atoms. The Morgan fingerprint density at radius 2 is 1.79 bits per heavy atom. The second-order valence-electron chi connectivity index (χ2n) is 5.53. The summed E-state index contributed by atoms with van der Waals surface area (Å²) in [7, 11) is 1.80. The highest BCUT2D eigenvalue weighted by Crippen LogP contribution is 2.29. The molecule has 1 heterocycles. The van der Waals surface area contributed by atoms with Crippen LogP contribution in [0.25, 0.3) is 11.1 Å². The van der Waals surface area contributed by atoms with Gasteiger partial charge in [0.25, 0.3) is 5.91 Å². The predicted octanol–water partition coefficient (Wildman–Crippen LogP) is 4.45. The molecule has 4 heteroatoms. The van der Waals surface area contributed by atoms with E-state index >= 15 is 0 Å². The van der Waals surface area contributed by atoms with Crippen LogP contribution < -0.4 is 4.74 Å². The van der Waals surface area contributed by atoms with E-state index in [9.17, 15) is 4.79 Å². The van der Waals surface area contributed by atoms with Gasteiger partial charge in [0.05, 0.1) is 0 Å². The lowest BCUT2D eigenvalue weighted by Gasteiger charge is -2.18. The van der Waals surface area contributed by atoms with Gasteiger partial charge in [0.2, 0.25) is 0 Å². The second kappa shape index (κ2) is 7.79. The fraction of sp³-hybridized carbons (Fsp3) is 0.150. The van der Waals surface area contributed by atoms with Crippen molar-refractivity contribution in [3.8, 4) is 16.9 Å². The van der Waals surface area contributed by atoms with Crippen molar-refractivity contribution in [2.24, 2.45) is 0 Å². The molecule has 0 aliphatic heterocycles. The summed E-state index contributed by atoms with van der Waals surface area (Å²) in [5, 5.41) is 4.07. The number of para-hydroxylation sites is 1. The first-order valence-electron chi connectivity index (χ1n) is 7.76. The van der Waals surface area contributed by atoms with Gasteiger partial charge in [-0.15, -0.1) is 0 Å². The van der Waals surface area contributed by atoms with E-state index in [1.807, 2.05) is 66.0 Å². The highest BCUT2D eigenvalue weighted by Gasteiger charge is 2.12. The van der Waals surface area contributed by atoms with Crippen LogP contribution in [-0.4, -0.2) is 24.5 Å². The molecular weight excluding hydrogens is 318 g/mol. The number of thiophene rings is 1. The molecule has 3 nitrogen and oxygen atoms in total. The zero-order chi connectivity index (χ0) is 16.8. The van der Waals surface area contributed by atoms with Crippen LogP contribution in [0.2, 0.25) is 0 Å². The van der Waals surface area contributed by atoms with Crippen molar-refractivity contribution in [1.29, 1.82) is 0 Å². The summed E-state index contributed by atoms with van der Waals surface area (Å²) in [4.78, 5) is 14.0. The molecule has 0 fully saturated rings. The maximum absolute atomic E-state index is 12.3. The molecule has 0 aliphatic rings. The normalized spacial score (nSPS) is 10.4. The number of hydrogen-bond acceptors (Lipinski definition) is 3. The standard InChI is InChI=1S/C20H19NO2S/c1-21(13-16-11-12-24-15-16)20(22)14-23-19-10-6-5-9-18(19)17-7-3-2-4-8-17/h2-12,15H,13-14H2,1H3. The lowest BCUT2D eigenvalue weighted by Crippen LogP contribution is -2.30. The largest absolute Gasteiger partial charge is 0.483 e. The van der Waals surface area contributed by atoms with Crippen LogP contribution in [0.1, 0.15) is 5.56 Å². The molecule has 0 aliphatic carbocycles. The van der Waals surface area contributed by atoms with E-state index in [1.54, 1.807) is 23.3 Å². The van der Waals surface area contributed by atoms with Gasteiger partial charge in [-0.2, -0.15) is 11.3 Å². The Kier molecular flexibility index (Phi) is 5.29. The molecule has 1 aromatic heterocycles. The lowest BCUT2D eigenvalue weighted by molar-refractivity contribution is -0.132. The zero-order valence-corrected chi connectivity index (χ0v) is 14.3. The van der Waals surface area contributed by atoms with Gasteiger partial charge in [-0.1, -0.05) is 48.5 Å². The molecule has 24 heavy (non-hydrogen) atoms. The molecule has 0 N–H and O–H groups in total. The summed E-state index contributed by atoms with van der Waals surface area (Å²) in [5.41, 5.74) is 3.21. The fourth-order valence-corrected chi connectivity index (χ4v) is 3.10. The maximum Gasteiger partial charge on any atom is 0.260 e. The summed E-state index contributed by atoms with van der Waals surface area (Å²) in [6.07, 6.45) is 0. The Hall–Kier alpha value is -2.59. The quantitative estimate of drug-likeness (QED) is 0.665. The second-order valence-corrected chi connectivity index (χ2v) is 6.31. The lowest BCUT2D eigenvalue weighted by atomic mass is 10.1. The van der Waals surface area contributed by atoms with Crippen molar-refractivity contribution < 1.29 is 9.53 Å². The molecule has 3 aromatic rings. The number of hydrogen-bond donors (Lipinski definition) is 0. The average molecular weight is 337 g/mol. The number of carbonyl (C=O) groups excluding carboxylic acids is 1. The fourth-order valence-electron chi connectivity index (χ4n) is 2.44. The summed E-state index contributed by atoms with van der Waals surface area (Å²) >= 11 is 1.63. The topological polar surface area (TPSA) is 29.5 Å². The molecule has 1 amide bonds. The van der Waals surface area contributed by atoms with Crippen LogP contribution in [0.4, 0.5) is 0 Å². The van der Waals surface area contributed by atoms with E-state index in [0.29, 0.717) is 6.54 Å². The third kappa shape index (κ3) is 4.03. The van der Waals surface area contributed by atoms with Gasteiger partial charge < -0.3 is 9.64 Å². The Bertz CT molecular complexity index is 784. The molecule has 0 spiro atoms. The van der Waals surface area contributed by atoms with Crippen molar-refractivity contribution in [2.75, 3.05) is 13.7 Å². The number of benzene rings is 2. The smallest absolute Gasteiger partial charge is 0.260 e. The first-order valence-corrected chi connectivity index (χ1v) is 8.70. The molecule has 0 saturated heterocycles. The molecule has 0 saturated carbocycles. The Morgan fingerprint density at radius 3 is 2.54 bits per heavy atom. The molecule has 122 valence electrons. The zero-order valence-electron chi connectivity index (χ0n) is 13.5. The van der Waals surface area contributed by atoms with Crippen LogP contribution in [0.15, 0.2) is 71.4 Å². The minimum Gasteiger partial charge on any atom is -0.483 e. The van der Waals surface area contributed by atoms with Crippen molar-refractivity contribution in [3.05, 3.63) is 77.0 Å². The van der Waals surface area contributed by atoms with Crippen LogP contribution in [-0.2, 0) is 11.3 Å². The SMILES string of the molecule is CN(Cc1ccsc1)C(=O)COc1ccccc1-c1ccccc1. The van der Waals surface area contributed by atoms with E-state index < -0.39 is 0 Å². The molecule has 0 unspecified atom stereocenters. The van der Waals surface area contributed by atoms with E-state index in [-0.39, 0.29) is 12.5 Å². The van der Waals surface area contributed by atoms with E-state index in [4.69, 9.17) is 4.74 Å². The maximum atomic E-state index is 12.3. The van der Waals surface area contributed by atoms with Crippen LogP contribution in [0.5, 0.6) is 5.75 Å². The molecule has 2 aromatic carbocycles. The van der Waals surface area contributed by atoms with Gasteiger partial charge in [0, 0.05) is 19.2 Å².